The molecule has 1 heterocycles. The first-order chi connectivity index (χ1) is 13.0. The monoisotopic (exact) mass is 434 g/mol. The highest BCUT2D eigenvalue weighted by atomic mass is 79.9. The maximum absolute atomic E-state index is 12.4. The highest BCUT2D eigenvalue weighted by Gasteiger charge is 2.23. The molecule has 0 spiro atoms. The molecule has 0 unspecified atom stereocenters. The van der Waals surface area contributed by atoms with Crippen LogP contribution in [0.2, 0.25) is 0 Å². The molecule has 2 aromatic rings. The smallest absolute Gasteiger partial charge is 0.329 e. The summed E-state index contributed by atoms with van der Waals surface area (Å²) in [4.78, 5) is 22.9. The van der Waals surface area contributed by atoms with Crippen molar-refractivity contribution in [2.45, 2.75) is 32.2 Å². The molecule has 1 aromatic carbocycles. The van der Waals surface area contributed by atoms with Gasteiger partial charge in [-0.2, -0.15) is 5.10 Å². The van der Waals surface area contributed by atoms with Crippen LogP contribution in [0, 0.1) is 11.8 Å². The van der Waals surface area contributed by atoms with E-state index in [1.807, 2.05) is 30.3 Å². The summed E-state index contributed by atoms with van der Waals surface area (Å²) >= 11 is 3.45. The van der Waals surface area contributed by atoms with Gasteiger partial charge in [-0.3, -0.25) is 4.79 Å². The van der Waals surface area contributed by atoms with Crippen molar-refractivity contribution in [2.24, 2.45) is 11.8 Å². The van der Waals surface area contributed by atoms with E-state index in [4.69, 9.17) is 9.84 Å². The Hall–Kier alpha value is -1.99. The lowest BCUT2D eigenvalue weighted by Crippen LogP contribution is -2.29. The summed E-state index contributed by atoms with van der Waals surface area (Å²) in [5, 5.41) is 13.2. The van der Waals surface area contributed by atoms with Crippen LogP contribution in [0.15, 0.2) is 45.7 Å². The van der Waals surface area contributed by atoms with Gasteiger partial charge in [0, 0.05) is 18.2 Å². The van der Waals surface area contributed by atoms with Crippen molar-refractivity contribution in [3.8, 4) is 11.3 Å². The number of aromatic nitrogens is 2. The van der Waals surface area contributed by atoms with Gasteiger partial charge < -0.3 is 9.84 Å². The fourth-order valence-electron chi connectivity index (χ4n) is 3.53. The Bertz CT molecular complexity index is 830. The predicted molar refractivity (Wildman–Crippen MR) is 106 cm³/mol. The van der Waals surface area contributed by atoms with E-state index in [1.165, 1.54) is 0 Å². The highest BCUT2D eigenvalue weighted by molar-refractivity contribution is 9.10. The van der Waals surface area contributed by atoms with E-state index in [2.05, 4.69) is 21.0 Å². The quantitative estimate of drug-likeness (QED) is 0.719. The van der Waals surface area contributed by atoms with Gasteiger partial charge in [-0.15, -0.1) is 0 Å². The SMILES string of the molecule is O=C(O)COC[C@H]1CC[C@H](Cn2nc(-c3ccccc3)c(Br)cc2=O)CC1. The van der Waals surface area contributed by atoms with Crippen molar-refractivity contribution >= 4 is 21.9 Å². The largest absolute Gasteiger partial charge is 0.480 e. The molecule has 3 rings (SSSR count). The number of carboxylic acid groups (broad SMARTS) is 1. The topological polar surface area (TPSA) is 81.4 Å². The zero-order valence-corrected chi connectivity index (χ0v) is 16.6. The molecule has 1 aliphatic rings. The average molecular weight is 435 g/mol. The van der Waals surface area contributed by atoms with Crippen LogP contribution in [-0.2, 0) is 16.1 Å². The summed E-state index contributed by atoms with van der Waals surface area (Å²) in [6.45, 7) is 0.864. The third-order valence-electron chi connectivity index (χ3n) is 4.98. The molecule has 6 nitrogen and oxygen atoms in total. The number of nitrogens with zero attached hydrogens (tertiary/aromatic N) is 2. The number of halogens is 1. The molecule has 0 atom stereocenters. The standard InChI is InChI=1S/C20H23BrN2O4/c21-17-10-18(24)23(22-20(17)16-4-2-1-3-5-16)11-14-6-8-15(9-7-14)12-27-13-19(25)26/h1-5,10,14-15H,6-9,11-13H2,(H,25,26)/t14-,15-. The Balaban J connectivity index is 1.62. The van der Waals surface area contributed by atoms with Crippen LogP contribution in [0.1, 0.15) is 25.7 Å². The minimum absolute atomic E-state index is 0.103. The predicted octanol–water partition coefficient (Wildman–Crippen LogP) is 3.58. The fourth-order valence-corrected chi connectivity index (χ4v) is 4.03. The first-order valence-electron chi connectivity index (χ1n) is 9.15. The molecule has 144 valence electrons. The Morgan fingerprint density at radius 2 is 1.85 bits per heavy atom. The summed E-state index contributed by atoms with van der Waals surface area (Å²) in [7, 11) is 0. The van der Waals surface area contributed by atoms with Gasteiger partial charge in [0.1, 0.15) is 12.3 Å². The second-order valence-corrected chi connectivity index (χ2v) is 7.88. The van der Waals surface area contributed by atoms with Gasteiger partial charge in [-0.1, -0.05) is 30.3 Å². The minimum Gasteiger partial charge on any atom is -0.480 e. The maximum Gasteiger partial charge on any atom is 0.329 e. The Kier molecular flexibility index (Phi) is 6.79. The zero-order chi connectivity index (χ0) is 19.2. The molecule has 7 heteroatoms. The number of carboxylic acids is 1. The van der Waals surface area contributed by atoms with Gasteiger partial charge >= 0.3 is 5.97 Å². The van der Waals surface area contributed by atoms with Crippen molar-refractivity contribution in [1.82, 2.24) is 9.78 Å². The second kappa shape index (κ2) is 9.28. The van der Waals surface area contributed by atoms with Crippen molar-refractivity contribution in [1.29, 1.82) is 0 Å². The van der Waals surface area contributed by atoms with E-state index in [0.29, 0.717) is 29.5 Å². The van der Waals surface area contributed by atoms with Gasteiger partial charge in [0.15, 0.2) is 0 Å². The normalized spacial score (nSPS) is 19.7. The van der Waals surface area contributed by atoms with Crippen molar-refractivity contribution in [3.05, 3.63) is 51.2 Å². The molecule has 1 aliphatic carbocycles. The Labute approximate surface area is 166 Å². The number of ether oxygens (including phenoxy) is 1. The lowest BCUT2D eigenvalue weighted by Gasteiger charge is -2.28. The number of aliphatic carboxylic acids is 1. The molecule has 1 N–H and O–H groups in total. The van der Waals surface area contributed by atoms with E-state index in [-0.39, 0.29) is 12.2 Å². The minimum atomic E-state index is -0.932. The van der Waals surface area contributed by atoms with Crippen LogP contribution < -0.4 is 5.56 Å². The van der Waals surface area contributed by atoms with Crippen LogP contribution in [0.25, 0.3) is 11.3 Å². The summed E-state index contributed by atoms with van der Waals surface area (Å²) in [5.74, 6) is -0.135. The Morgan fingerprint density at radius 1 is 1.19 bits per heavy atom. The molecule has 27 heavy (non-hydrogen) atoms. The number of hydrogen-bond acceptors (Lipinski definition) is 4. The molecule has 1 fully saturated rings. The van der Waals surface area contributed by atoms with E-state index in [1.54, 1.807) is 10.7 Å². The van der Waals surface area contributed by atoms with Gasteiger partial charge in [-0.05, 0) is 53.4 Å². The number of benzene rings is 1. The van der Waals surface area contributed by atoms with E-state index >= 15 is 0 Å². The van der Waals surface area contributed by atoms with Crippen molar-refractivity contribution in [2.75, 3.05) is 13.2 Å². The molecule has 0 aliphatic heterocycles. The van der Waals surface area contributed by atoms with Crippen molar-refractivity contribution < 1.29 is 14.6 Å². The van der Waals surface area contributed by atoms with Crippen LogP contribution in [0.5, 0.6) is 0 Å². The summed E-state index contributed by atoms with van der Waals surface area (Å²) in [6, 6.07) is 11.4. The zero-order valence-electron chi connectivity index (χ0n) is 15.0. The second-order valence-electron chi connectivity index (χ2n) is 7.02. The summed E-state index contributed by atoms with van der Waals surface area (Å²) in [5.41, 5.74) is 1.64. The lowest BCUT2D eigenvalue weighted by atomic mass is 9.82. The Morgan fingerprint density at radius 3 is 2.52 bits per heavy atom. The summed E-state index contributed by atoms with van der Waals surface area (Å²) < 4.78 is 7.48. The van der Waals surface area contributed by atoms with Crippen LogP contribution >= 0.6 is 15.9 Å². The first-order valence-corrected chi connectivity index (χ1v) is 9.95. The molecule has 0 radical (unpaired) electrons. The molecular formula is C20H23BrN2O4. The number of carbonyl (C=O) groups is 1. The van der Waals surface area contributed by atoms with E-state index < -0.39 is 5.97 Å². The first kappa shape index (κ1) is 19.8. The van der Waals surface area contributed by atoms with Crippen LogP contribution in [0.3, 0.4) is 0 Å². The van der Waals surface area contributed by atoms with Gasteiger partial charge in [0.2, 0.25) is 0 Å². The van der Waals surface area contributed by atoms with Crippen LogP contribution in [-0.4, -0.2) is 34.1 Å². The fraction of sp³-hybridized carbons (Fsp3) is 0.450. The molecule has 1 saturated carbocycles. The van der Waals surface area contributed by atoms with Crippen LogP contribution in [0.4, 0.5) is 0 Å². The molecule has 1 aromatic heterocycles. The van der Waals surface area contributed by atoms with Gasteiger partial charge in [-0.25, -0.2) is 9.48 Å². The van der Waals surface area contributed by atoms with E-state index in [0.717, 1.165) is 36.9 Å². The molecular weight excluding hydrogens is 412 g/mol. The molecule has 0 bridgehead atoms. The third-order valence-corrected chi connectivity index (χ3v) is 5.58. The summed E-state index contributed by atoms with van der Waals surface area (Å²) in [6.07, 6.45) is 3.96. The molecule has 0 amide bonds. The maximum atomic E-state index is 12.4. The van der Waals surface area contributed by atoms with Gasteiger partial charge in [0.05, 0.1) is 11.1 Å². The highest BCUT2D eigenvalue weighted by Crippen LogP contribution is 2.30. The lowest BCUT2D eigenvalue weighted by molar-refractivity contribution is -0.142. The number of rotatable bonds is 7. The van der Waals surface area contributed by atoms with Crippen molar-refractivity contribution in [3.63, 3.8) is 0 Å². The van der Waals surface area contributed by atoms with Gasteiger partial charge in [0.25, 0.3) is 5.56 Å². The number of hydrogen-bond donors (Lipinski definition) is 1. The third kappa shape index (κ3) is 5.49. The molecule has 0 saturated heterocycles. The van der Waals surface area contributed by atoms with E-state index in [9.17, 15) is 9.59 Å². The average Bonchev–Trinajstić information content (AvgIpc) is 2.66.